The molecule has 4 aromatic rings. The van der Waals surface area contributed by atoms with Gasteiger partial charge in [0.2, 0.25) is 0 Å². The summed E-state index contributed by atoms with van der Waals surface area (Å²) >= 11 is 2.10. The second kappa shape index (κ2) is 10.2. The molecule has 1 saturated heterocycles. The van der Waals surface area contributed by atoms with Crippen LogP contribution in [-0.2, 0) is 6.61 Å². The van der Waals surface area contributed by atoms with Gasteiger partial charge in [0.05, 0.1) is 5.52 Å². The minimum atomic E-state index is 0.555. The molecule has 1 aliphatic heterocycles. The Hall–Kier alpha value is -2.79. The molecule has 1 unspecified atom stereocenters. The second-order valence-corrected chi connectivity index (χ2v) is 9.66. The molecule has 4 nitrogen and oxygen atoms in total. The average Bonchev–Trinajstić information content (AvgIpc) is 3.32. The molecule has 1 aliphatic rings. The minimum Gasteiger partial charge on any atom is -0.489 e. The van der Waals surface area contributed by atoms with Gasteiger partial charge in [0.1, 0.15) is 18.2 Å². The van der Waals surface area contributed by atoms with Crippen molar-refractivity contribution in [1.82, 2.24) is 15.0 Å². The van der Waals surface area contributed by atoms with Gasteiger partial charge < -0.3 is 9.72 Å². The molecule has 0 amide bonds. The van der Waals surface area contributed by atoms with E-state index in [2.05, 4.69) is 53.1 Å². The molecule has 0 aliphatic carbocycles. The van der Waals surface area contributed by atoms with E-state index in [0.717, 1.165) is 33.9 Å². The monoisotopic (exact) mass is 443 g/mol. The molecule has 3 heterocycles. The fourth-order valence-electron chi connectivity index (χ4n) is 4.29. The van der Waals surface area contributed by atoms with Crippen LogP contribution in [0.4, 0.5) is 0 Å². The Bertz CT molecular complexity index is 1130. The van der Waals surface area contributed by atoms with E-state index in [1.165, 1.54) is 49.3 Å². The first kappa shape index (κ1) is 21.1. The van der Waals surface area contributed by atoms with Crippen LogP contribution in [0.1, 0.15) is 49.3 Å². The van der Waals surface area contributed by atoms with Gasteiger partial charge in [0.25, 0.3) is 0 Å². The Morgan fingerprint density at radius 1 is 0.844 bits per heavy atom. The molecule has 32 heavy (non-hydrogen) atoms. The summed E-state index contributed by atoms with van der Waals surface area (Å²) in [6.07, 6.45) is 6.36. The smallest absolute Gasteiger partial charge is 0.178 e. The summed E-state index contributed by atoms with van der Waals surface area (Å²) in [5.41, 5.74) is 5.21. The van der Waals surface area contributed by atoms with Gasteiger partial charge in [0, 0.05) is 17.2 Å². The van der Waals surface area contributed by atoms with Crippen molar-refractivity contribution in [3.8, 4) is 17.1 Å². The number of benzene rings is 2. The van der Waals surface area contributed by atoms with Crippen LogP contribution < -0.4 is 4.74 Å². The highest BCUT2D eigenvalue weighted by atomic mass is 32.2. The van der Waals surface area contributed by atoms with E-state index in [0.29, 0.717) is 12.5 Å². The zero-order chi connectivity index (χ0) is 21.6. The lowest BCUT2D eigenvalue weighted by Crippen LogP contribution is -2.02. The lowest BCUT2D eigenvalue weighted by atomic mass is 9.93. The molecule has 2 aromatic carbocycles. The van der Waals surface area contributed by atoms with Crippen LogP contribution in [0.3, 0.4) is 0 Å². The molecular formula is C27H29N3OS. The Labute approximate surface area is 193 Å². The third kappa shape index (κ3) is 5.16. The van der Waals surface area contributed by atoms with Crippen LogP contribution >= 0.6 is 11.8 Å². The van der Waals surface area contributed by atoms with Crippen LogP contribution in [0.15, 0.2) is 66.7 Å². The summed E-state index contributed by atoms with van der Waals surface area (Å²) in [6.45, 7) is 0.567. The number of nitrogens with zero attached hydrogens (tertiary/aromatic N) is 2. The van der Waals surface area contributed by atoms with Crippen molar-refractivity contribution < 1.29 is 4.74 Å². The highest BCUT2D eigenvalue weighted by molar-refractivity contribution is 7.99. The number of ether oxygens (including phenoxy) is 1. The number of fused-ring (bicyclic) bond motifs is 1. The topological polar surface area (TPSA) is 50.8 Å². The molecule has 5 heteroatoms. The maximum absolute atomic E-state index is 5.91. The Morgan fingerprint density at radius 2 is 1.66 bits per heavy atom. The molecule has 0 radical (unpaired) electrons. The molecule has 0 saturated carbocycles. The summed E-state index contributed by atoms with van der Waals surface area (Å²) in [7, 11) is 0. The summed E-state index contributed by atoms with van der Waals surface area (Å²) < 4.78 is 5.91. The number of hydrogen-bond donors (Lipinski definition) is 1. The average molecular weight is 444 g/mol. The molecule has 1 fully saturated rings. The SMILES string of the molecule is c1ccc(COc2ccc(-c3nc4nc(C5CCCCSCCC5)ccc4[nH]3)cc2)cc1. The fraction of sp³-hybridized carbons (Fsp3) is 0.333. The quantitative estimate of drug-likeness (QED) is 0.361. The Balaban J connectivity index is 1.30. The third-order valence-electron chi connectivity index (χ3n) is 6.09. The van der Waals surface area contributed by atoms with Gasteiger partial charge in [-0.25, -0.2) is 9.97 Å². The maximum Gasteiger partial charge on any atom is 0.178 e. The second-order valence-electron chi connectivity index (χ2n) is 8.44. The van der Waals surface area contributed by atoms with E-state index in [1.807, 2.05) is 30.3 Å². The van der Waals surface area contributed by atoms with Gasteiger partial charge >= 0.3 is 0 Å². The number of aromatic nitrogens is 3. The first-order valence-electron chi connectivity index (χ1n) is 11.6. The maximum atomic E-state index is 5.91. The van der Waals surface area contributed by atoms with Gasteiger partial charge in [-0.1, -0.05) is 36.8 Å². The Kier molecular flexibility index (Phi) is 6.73. The van der Waals surface area contributed by atoms with Gasteiger partial charge in [-0.3, -0.25) is 0 Å². The van der Waals surface area contributed by atoms with E-state index in [9.17, 15) is 0 Å². The van der Waals surface area contributed by atoms with Crippen molar-refractivity contribution in [2.75, 3.05) is 11.5 Å². The minimum absolute atomic E-state index is 0.555. The van der Waals surface area contributed by atoms with Gasteiger partial charge in [-0.05, 0) is 79.2 Å². The normalized spacial score (nSPS) is 17.4. The number of thioether (sulfide) groups is 1. The molecule has 5 rings (SSSR count). The summed E-state index contributed by atoms with van der Waals surface area (Å²) in [5.74, 6) is 4.84. The molecular weight excluding hydrogens is 414 g/mol. The fourth-order valence-corrected chi connectivity index (χ4v) is 5.27. The predicted molar refractivity (Wildman–Crippen MR) is 133 cm³/mol. The number of aromatic amines is 1. The van der Waals surface area contributed by atoms with Gasteiger partial charge in [-0.2, -0.15) is 11.8 Å². The largest absolute Gasteiger partial charge is 0.489 e. The summed E-state index contributed by atoms with van der Waals surface area (Å²) in [6, 6.07) is 22.7. The van der Waals surface area contributed by atoms with Crippen LogP contribution in [0.2, 0.25) is 0 Å². The number of rotatable bonds is 5. The molecule has 1 N–H and O–H groups in total. The van der Waals surface area contributed by atoms with Crippen molar-refractivity contribution in [3.63, 3.8) is 0 Å². The number of H-pyrrole nitrogens is 1. The first-order valence-corrected chi connectivity index (χ1v) is 12.7. The molecule has 2 aromatic heterocycles. The van der Waals surface area contributed by atoms with E-state index in [4.69, 9.17) is 14.7 Å². The number of imidazole rings is 1. The molecule has 0 bridgehead atoms. The van der Waals surface area contributed by atoms with E-state index < -0.39 is 0 Å². The van der Waals surface area contributed by atoms with Crippen molar-refractivity contribution in [2.45, 2.75) is 44.6 Å². The van der Waals surface area contributed by atoms with Crippen molar-refractivity contribution in [1.29, 1.82) is 0 Å². The number of pyridine rings is 1. The van der Waals surface area contributed by atoms with E-state index in [-0.39, 0.29) is 0 Å². The van der Waals surface area contributed by atoms with E-state index >= 15 is 0 Å². The first-order chi connectivity index (χ1) is 15.8. The molecule has 0 spiro atoms. The molecule has 1 atom stereocenters. The standard InChI is InChI=1S/C27H29N3OS/c1-2-7-20(8-3-1)19-31-23-13-11-22(12-14-23)26-29-25-16-15-24(28-27(25)30-26)21-9-4-5-17-32-18-6-10-21/h1-3,7-8,11-16,21H,4-6,9-10,17-19H2,(H,28,29,30). The highest BCUT2D eigenvalue weighted by Crippen LogP contribution is 2.30. The van der Waals surface area contributed by atoms with Crippen LogP contribution in [0.25, 0.3) is 22.6 Å². The van der Waals surface area contributed by atoms with Crippen LogP contribution in [0.5, 0.6) is 5.75 Å². The van der Waals surface area contributed by atoms with Crippen LogP contribution in [-0.4, -0.2) is 26.5 Å². The number of nitrogens with one attached hydrogen (secondary N) is 1. The predicted octanol–water partition coefficient (Wildman–Crippen LogP) is 6.98. The summed E-state index contributed by atoms with van der Waals surface area (Å²) in [4.78, 5) is 13.2. The summed E-state index contributed by atoms with van der Waals surface area (Å²) in [5, 5.41) is 0. The van der Waals surface area contributed by atoms with Crippen molar-refractivity contribution in [2.24, 2.45) is 0 Å². The van der Waals surface area contributed by atoms with E-state index in [1.54, 1.807) is 0 Å². The number of hydrogen-bond acceptors (Lipinski definition) is 4. The zero-order valence-electron chi connectivity index (χ0n) is 18.3. The highest BCUT2D eigenvalue weighted by Gasteiger charge is 2.16. The lowest BCUT2D eigenvalue weighted by molar-refractivity contribution is 0.306. The molecule has 164 valence electrons. The van der Waals surface area contributed by atoms with Crippen LogP contribution in [0, 0.1) is 0 Å². The third-order valence-corrected chi connectivity index (χ3v) is 7.25. The van der Waals surface area contributed by atoms with Gasteiger partial charge in [0.15, 0.2) is 5.65 Å². The Morgan fingerprint density at radius 3 is 2.53 bits per heavy atom. The van der Waals surface area contributed by atoms with Crippen molar-refractivity contribution in [3.05, 3.63) is 78.0 Å². The van der Waals surface area contributed by atoms with Gasteiger partial charge in [-0.15, -0.1) is 0 Å². The lowest BCUT2D eigenvalue weighted by Gasteiger charge is -2.14. The van der Waals surface area contributed by atoms with Crippen molar-refractivity contribution >= 4 is 22.9 Å². The zero-order valence-corrected chi connectivity index (χ0v) is 19.1.